The molecule has 0 saturated carbocycles. The molecule has 0 fully saturated rings. The highest BCUT2D eigenvalue weighted by Gasteiger charge is 2.26. The molecule has 0 saturated heterocycles. The SMILES string of the molecule is CC1=C(O)/C(=C\C(C)CCC/C(C)=C/CC/C(C)=C/CCc2ccoc2)OC1=O. The minimum absolute atomic E-state index is 0.0221. The molecule has 4 heteroatoms. The molecule has 0 spiro atoms. The molecule has 0 radical (unpaired) electrons. The molecule has 1 aliphatic rings. The van der Waals surface area contributed by atoms with Crippen molar-refractivity contribution in [2.24, 2.45) is 5.92 Å². The Balaban J connectivity index is 1.63. The number of aryl methyl sites for hydroxylation is 1. The fourth-order valence-electron chi connectivity index (χ4n) is 3.33. The van der Waals surface area contributed by atoms with E-state index in [1.807, 2.05) is 18.4 Å². The number of ether oxygens (including phenoxy) is 1. The van der Waals surface area contributed by atoms with Crippen LogP contribution in [0.4, 0.5) is 0 Å². The first-order chi connectivity index (χ1) is 13.9. The maximum absolute atomic E-state index is 11.4. The minimum Gasteiger partial charge on any atom is -0.504 e. The zero-order valence-corrected chi connectivity index (χ0v) is 18.2. The summed E-state index contributed by atoms with van der Waals surface area (Å²) in [6, 6.07) is 2.02. The summed E-state index contributed by atoms with van der Waals surface area (Å²) < 4.78 is 10.2. The summed E-state index contributed by atoms with van der Waals surface area (Å²) >= 11 is 0. The fourth-order valence-corrected chi connectivity index (χ4v) is 3.33. The molecule has 0 aliphatic carbocycles. The Morgan fingerprint density at radius 2 is 1.90 bits per heavy atom. The van der Waals surface area contributed by atoms with Crippen LogP contribution in [0.1, 0.15) is 71.8 Å². The predicted octanol–water partition coefficient (Wildman–Crippen LogP) is 6.96. The summed E-state index contributed by atoms with van der Waals surface area (Å²) in [5.74, 6) is 0.0815. The number of hydrogen-bond acceptors (Lipinski definition) is 4. The number of carbonyl (C=O) groups is 1. The van der Waals surface area contributed by atoms with Crippen LogP contribution in [0.2, 0.25) is 0 Å². The Hall–Kier alpha value is -2.49. The molecule has 0 bridgehead atoms. The molecule has 158 valence electrons. The van der Waals surface area contributed by atoms with Gasteiger partial charge in [0.15, 0.2) is 11.5 Å². The normalized spacial score (nSPS) is 17.9. The Labute approximate surface area is 174 Å². The van der Waals surface area contributed by atoms with Crippen LogP contribution >= 0.6 is 0 Å². The summed E-state index contributed by atoms with van der Waals surface area (Å²) in [5.41, 5.74) is 4.39. The van der Waals surface area contributed by atoms with Crippen LogP contribution in [0, 0.1) is 5.92 Å². The maximum atomic E-state index is 11.4. The zero-order valence-electron chi connectivity index (χ0n) is 18.2. The molecule has 1 atom stereocenters. The van der Waals surface area contributed by atoms with Crippen LogP contribution in [0.3, 0.4) is 0 Å². The monoisotopic (exact) mass is 398 g/mol. The van der Waals surface area contributed by atoms with E-state index < -0.39 is 5.97 Å². The van der Waals surface area contributed by atoms with Gasteiger partial charge in [0.2, 0.25) is 0 Å². The highest BCUT2D eigenvalue weighted by atomic mass is 16.6. The number of aliphatic hydroxyl groups is 1. The topological polar surface area (TPSA) is 59.7 Å². The van der Waals surface area contributed by atoms with Gasteiger partial charge in [-0.3, -0.25) is 0 Å². The number of rotatable bonds is 11. The number of furan rings is 1. The highest BCUT2D eigenvalue weighted by molar-refractivity contribution is 5.93. The third kappa shape index (κ3) is 7.80. The van der Waals surface area contributed by atoms with Gasteiger partial charge in [0.05, 0.1) is 18.1 Å². The van der Waals surface area contributed by atoms with Crippen molar-refractivity contribution < 1.29 is 19.1 Å². The van der Waals surface area contributed by atoms with E-state index in [4.69, 9.17) is 9.15 Å². The maximum Gasteiger partial charge on any atom is 0.343 e. The van der Waals surface area contributed by atoms with Gasteiger partial charge in [-0.1, -0.05) is 30.2 Å². The molecule has 1 aromatic heterocycles. The number of hydrogen-bond donors (Lipinski definition) is 1. The molecule has 0 amide bonds. The third-order valence-electron chi connectivity index (χ3n) is 5.30. The lowest BCUT2D eigenvalue weighted by molar-refractivity contribution is -0.133. The van der Waals surface area contributed by atoms with Crippen LogP contribution in [0.15, 0.2) is 69.5 Å². The second kappa shape index (κ2) is 11.5. The molecular weight excluding hydrogens is 364 g/mol. The van der Waals surface area contributed by atoms with Gasteiger partial charge in [-0.15, -0.1) is 0 Å². The molecule has 2 heterocycles. The van der Waals surface area contributed by atoms with Gasteiger partial charge >= 0.3 is 5.97 Å². The average molecular weight is 399 g/mol. The van der Waals surface area contributed by atoms with Crippen molar-refractivity contribution in [1.29, 1.82) is 0 Å². The largest absolute Gasteiger partial charge is 0.504 e. The number of allylic oxidation sites excluding steroid dienone is 5. The van der Waals surface area contributed by atoms with Crippen molar-refractivity contribution in [3.05, 3.63) is 70.6 Å². The summed E-state index contributed by atoms with van der Waals surface area (Å²) in [7, 11) is 0. The molecule has 1 unspecified atom stereocenters. The van der Waals surface area contributed by atoms with Gasteiger partial charge in [0, 0.05) is 0 Å². The van der Waals surface area contributed by atoms with E-state index in [0.717, 1.165) is 44.9 Å². The van der Waals surface area contributed by atoms with Crippen LogP contribution in [-0.4, -0.2) is 11.1 Å². The summed E-state index contributed by atoms with van der Waals surface area (Å²) in [5, 5.41) is 9.88. The van der Waals surface area contributed by atoms with Gasteiger partial charge in [-0.2, -0.15) is 0 Å². The fraction of sp³-hybridized carbons (Fsp3) is 0.480. The Morgan fingerprint density at radius 3 is 2.55 bits per heavy atom. The molecule has 1 aromatic rings. The van der Waals surface area contributed by atoms with Crippen LogP contribution in [-0.2, 0) is 16.0 Å². The number of cyclic esters (lactones) is 1. The second-order valence-corrected chi connectivity index (χ2v) is 8.07. The molecule has 1 N–H and O–H groups in total. The molecule has 4 nitrogen and oxygen atoms in total. The molecule has 0 aromatic carbocycles. The van der Waals surface area contributed by atoms with Gasteiger partial charge < -0.3 is 14.3 Å². The smallest absolute Gasteiger partial charge is 0.343 e. The van der Waals surface area contributed by atoms with Gasteiger partial charge in [-0.25, -0.2) is 4.79 Å². The minimum atomic E-state index is -0.453. The van der Waals surface area contributed by atoms with Gasteiger partial charge in [-0.05, 0) is 89.3 Å². The van der Waals surface area contributed by atoms with E-state index in [0.29, 0.717) is 5.76 Å². The first-order valence-corrected chi connectivity index (χ1v) is 10.5. The lowest BCUT2D eigenvalue weighted by Crippen LogP contribution is -1.97. The van der Waals surface area contributed by atoms with Crippen LogP contribution in [0.25, 0.3) is 0 Å². The van der Waals surface area contributed by atoms with Crippen molar-refractivity contribution in [2.45, 2.75) is 72.6 Å². The van der Waals surface area contributed by atoms with Crippen LogP contribution < -0.4 is 0 Å². The number of carbonyl (C=O) groups excluding carboxylic acids is 1. The predicted molar refractivity (Wildman–Crippen MR) is 116 cm³/mol. The molecule has 29 heavy (non-hydrogen) atoms. The quantitative estimate of drug-likeness (QED) is 0.323. The van der Waals surface area contributed by atoms with Gasteiger partial charge in [0.25, 0.3) is 0 Å². The van der Waals surface area contributed by atoms with E-state index in [-0.39, 0.29) is 17.3 Å². The van der Waals surface area contributed by atoms with Crippen LogP contribution in [0.5, 0.6) is 0 Å². The first kappa shape index (κ1) is 22.8. The number of esters is 1. The van der Waals surface area contributed by atoms with E-state index in [1.54, 1.807) is 13.2 Å². The molecule has 2 rings (SSSR count). The standard InChI is InChI=1S/C25H34O4/c1-18(8-5-9-19(2)11-7-13-22-14-15-28-17-22)10-6-12-20(3)16-23-24(26)21(4)25(27)29-23/h8,11,14-17,20,26H,5-7,9-10,12-13H2,1-4H3/b18-8+,19-11+,23-16+. The summed E-state index contributed by atoms with van der Waals surface area (Å²) in [6.45, 7) is 8.05. The van der Waals surface area contributed by atoms with E-state index in [2.05, 4.69) is 32.9 Å². The molecular formula is C25H34O4. The summed E-state index contributed by atoms with van der Waals surface area (Å²) in [6.07, 6.45) is 17.4. The van der Waals surface area contributed by atoms with E-state index >= 15 is 0 Å². The third-order valence-corrected chi connectivity index (χ3v) is 5.30. The summed E-state index contributed by atoms with van der Waals surface area (Å²) in [4.78, 5) is 11.4. The lowest BCUT2D eigenvalue weighted by Gasteiger charge is -2.08. The Morgan fingerprint density at radius 1 is 1.17 bits per heavy atom. The number of aliphatic hydroxyl groups excluding tert-OH is 1. The average Bonchev–Trinajstić information content (AvgIpc) is 3.27. The Bertz CT molecular complexity index is 791. The van der Waals surface area contributed by atoms with Crippen molar-refractivity contribution in [1.82, 2.24) is 0 Å². The first-order valence-electron chi connectivity index (χ1n) is 10.5. The van der Waals surface area contributed by atoms with E-state index in [9.17, 15) is 9.90 Å². The second-order valence-electron chi connectivity index (χ2n) is 8.07. The lowest BCUT2D eigenvalue weighted by atomic mass is 9.99. The van der Waals surface area contributed by atoms with Crippen molar-refractivity contribution in [3.63, 3.8) is 0 Å². The Kier molecular flexibility index (Phi) is 9.04. The van der Waals surface area contributed by atoms with Crippen molar-refractivity contribution in [3.8, 4) is 0 Å². The zero-order chi connectivity index (χ0) is 21.2. The molecule has 1 aliphatic heterocycles. The van der Waals surface area contributed by atoms with Crippen molar-refractivity contribution >= 4 is 5.97 Å². The van der Waals surface area contributed by atoms with E-state index in [1.165, 1.54) is 16.7 Å². The van der Waals surface area contributed by atoms with Gasteiger partial charge in [0.1, 0.15) is 0 Å². The highest BCUT2D eigenvalue weighted by Crippen LogP contribution is 2.26. The van der Waals surface area contributed by atoms with Crippen molar-refractivity contribution in [2.75, 3.05) is 0 Å².